The van der Waals surface area contributed by atoms with Crippen molar-refractivity contribution in [1.29, 1.82) is 0 Å². The van der Waals surface area contributed by atoms with E-state index in [0.29, 0.717) is 5.75 Å². The zero-order valence-corrected chi connectivity index (χ0v) is 25.7. The van der Waals surface area contributed by atoms with E-state index in [1.807, 2.05) is 68.4 Å². The minimum absolute atomic E-state index is 0.0473. The highest BCUT2D eigenvalue weighted by molar-refractivity contribution is 7.92. The van der Waals surface area contributed by atoms with Crippen molar-refractivity contribution in [2.24, 2.45) is 0 Å². The molecule has 9 heteroatoms. The molecule has 0 unspecified atom stereocenters. The summed E-state index contributed by atoms with van der Waals surface area (Å²) >= 11 is 0. The molecule has 1 N–H and O–H groups in total. The molecule has 0 radical (unpaired) electrons. The van der Waals surface area contributed by atoms with Gasteiger partial charge in [0.25, 0.3) is 10.0 Å². The number of nitrogens with one attached hydrogen (secondary N) is 1. The second-order valence-corrected chi connectivity index (χ2v) is 12.2. The number of amides is 2. The summed E-state index contributed by atoms with van der Waals surface area (Å²) in [5.74, 6) is -0.429. The lowest BCUT2D eigenvalue weighted by Crippen LogP contribution is -2.53. The molecule has 0 spiro atoms. The number of carbonyl (C=O) groups is 2. The van der Waals surface area contributed by atoms with E-state index >= 15 is 0 Å². The summed E-state index contributed by atoms with van der Waals surface area (Å²) in [6, 6.07) is 29.3. The molecule has 0 fully saturated rings. The number of rotatable bonds is 12. The highest BCUT2D eigenvalue weighted by atomic mass is 32.2. The molecule has 8 nitrogen and oxygen atoms in total. The van der Waals surface area contributed by atoms with E-state index < -0.39 is 28.5 Å². The predicted molar refractivity (Wildman–Crippen MR) is 168 cm³/mol. The number of methoxy groups -OCH3 is 1. The van der Waals surface area contributed by atoms with Gasteiger partial charge < -0.3 is 15.0 Å². The number of benzene rings is 4. The van der Waals surface area contributed by atoms with Crippen LogP contribution < -0.4 is 14.4 Å². The Kier molecular flexibility index (Phi) is 10.2. The van der Waals surface area contributed by atoms with E-state index in [1.165, 1.54) is 31.2 Å². The zero-order chi connectivity index (χ0) is 31.0. The van der Waals surface area contributed by atoms with Gasteiger partial charge in [0, 0.05) is 26.1 Å². The summed E-state index contributed by atoms with van der Waals surface area (Å²) in [5.41, 5.74) is 3.87. The lowest BCUT2D eigenvalue weighted by molar-refractivity contribution is -0.139. The van der Waals surface area contributed by atoms with E-state index in [2.05, 4.69) is 5.32 Å². The highest BCUT2D eigenvalue weighted by Gasteiger charge is 2.34. The van der Waals surface area contributed by atoms with Crippen molar-refractivity contribution in [3.8, 4) is 5.75 Å². The van der Waals surface area contributed by atoms with Crippen LogP contribution in [0.25, 0.3) is 0 Å². The normalized spacial score (nSPS) is 11.8. The summed E-state index contributed by atoms with van der Waals surface area (Å²) < 4.78 is 34.6. The molecule has 2 amide bonds. The van der Waals surface area contributed by atoms with Crippen molar-refractivity contribution in [2.45, 2.75) is 37.8 Å². The van der Waals surface area contributed by atoms with Gasteiger partial charge in [0.05, 0.1) is 17.7 Å². The Bertz CT molecular complexity index is 1660. The Morgan fingerprint density at radius 1 is 0.814 bits per heavy atom. The van der Waals surface area contributed by atoms with Crippen LogP contribution in [0.1, 0.15) is 22.3 Å². The Hall–Kier alpha value is -4.63. The number of carbonyl (C=O) groups excluding carboxylic acids is 2. The van der Waals surface area contributed by atoms with Gasteiger partial charge in [-0.25, -0.2) is 8.42 Å². The maximum absolute atomic E-state index is 14.4. The first kappa shape index (κ1) is 31.3. The van der Waals surface area contributed by atoms with Gasteiger partial charge in [-0.1, -0.05) is 83.9 Å². The molecule has 0 aliphatic carbocycles. The lowest BCUT2D eigenvalue weighted by Gasteiger charge is -2.33. The Morgan fingerprint density at radius 3 is 2.14 bits per heavy atom. The fraction of sp³-hybridized carbons (Fsp3) is 0.235. The third kappa shape index (κ3) is 7.81. The van der Waals surface area contributed by atoms with Gasteiger partial charge in [0.1, 0.15) is 18.3 Å². The number of likely N-dealkylation sites (N-methyl/N-ethyl adjacent to an activating group) is 1. The molecule has 224 valence electrons. The molecule has 4 aromatic carbocycles. The third-order valence-electron chi connectivity index (χ3n) is 7.18. The predicted octanol–water partition coefficient (Wildman–Crippen LogP) is 4.89. The van der Waals surface area contributed by atoms with Crippen molar-refractivity contribution < 1.29 is 22.7 Å². The average Bonchev–Trinajstić information content (AvgIpc) is 3.01. The van der Waals surface area contributed by atoms with E-state index in [0.717, 1.165) is 26.6 Å². The van der Waals surface area contributed by atoms with Crippen molar-refractivity contribution in [3.05, 3.63) is 125 Å². The van der Waals surface area contributed by atoms with Gasteiger partial charge >= 0.3 is 0 Å². The summed E-state index contributed by atoms with van der Waals surface area (Å²) in [5, 5.41) is 2.70. The second kappa shape index (κ2) is 14.0. The summed E-state index contributed by atoms with van der Waals surface area (Å²) in [6.45, 7) is 3.41. The number of anilines is 1. The number of aryl methyl sites for hydroxylation is 2. The number of sulfonamides is 1. The number of hydrogen-bond acceptors (Lipinski definition) is 5. The molecule has 0 aliphatic heterocycles. The van der Waals surface area contributed by atoms with Gasteiger partial charge in [-0.3, -0.25) is 13.9 Å². The Morgan fingerprint density at radius 2 is 1.49 bits per heavy atom. The number of hydrogen-bond donors (Lipinski definition) is 1. The smallest absolute Gasteiger partial charge is 0.264 e. The molecule has 0 bridgehead atoms. The monoisotopic (exact) mass is 599 g/mol. The molecule has 43 heavy (non-hydrogen) atoms. The van der Waals surface area contributed by atoms with Crippen LogP contribution in [0, 0.1) is 13.8 Å². The first-order valence-electron chi connectivity index (χ1n) is 14.0. The van der Waals surface area contributed by atoms with Gasteiger partial charge in [0.15, 0.2) is 0 Å². The quantitative estimate of drug-likeness (QED) is 0.250. The summed E-state index contributed by atoms with van der Waals surface area (Å²) in [4.78, 5) is 29.2. The van der Waals surface area contributed by atoms with E-state index in [-0.39, 0.29) is 29.5 Å². The number of nitrogens with zero attached hydrogens (tertiary/aromatic N) is 2. The van der Waals surface area contributed by atoms with Crippen LogP contribution in [0.3, 0.4) is 0 Å². The van der Waals surface area contributed by atoms with Gasteiger partial charge in [0.2, 0.25) is 11.8 Å². The molecule has 0 aromatic heterocycles. The van der Waals surface area contributed by atoms with Crippen LogP contribution >= 0.6 is 0 Å². The SMILES string of the molecule is CNC(=O)[C@@H](Cc1ccccc1)N(Cc1cccc(C)c1)C(=O)CN(c1cccc(OC)c1)S(=O)(=O)c1ccc(C)cc1. The fourth-order valence-corrected chi connectivity index (χ4v) is 6.27. The van der Waals surface area contributed by atoms with Crippen molar-refractivity contribution in [1.82, 2.24) is 10.2 Å². The minimum atomic E-state index is -4.18. The standard InChI is InChI=1S/C34H37N3O5S/c1-25-16-18-31(19-17-25)43(40,41)37(29-14-9-15-30(22-29)42-4)24-33(38)36(23-28-13-8-10-26(2)20-28)32(34(39)35-3)21-27-11-6-5-7-12-27/h5-20,22,32H,21,23-24H2,1-4H3,(H,35,39)/t32-/m1/s1. The summed E-state index contributed by atoms with van der Waals surface area (Å²) in [6.07, 6.45) is 0.252. The van der Waals surface area contributed by atoms with E-state index in [1.54, 1.807) is 36.4 Å². The zero-order valence-electron chi connectivity index (χ0n) is 24.9. The van der Waals surface area contributed by atoms with E-state index in [4.69, 9.17) is 4.74 Å². The number of ether oxygens (including phenoxy) is 1. The highest BCUT2D eigenvalue weighted by Crippen LogP contribution is 2.28. The molecule has 1 atom stereocenters. The first-order valence-corrected chi connectivity index (χ1v) is 15.4. The Labute approximate surface area is 254 Å². The fourth-order valence-electron chi connectivity index (χ4n) is 4.86. The van der Waals surface area contributed by atoms with Crippen LogP contribution in [0.2, 0.25) is 0 Å². The Balaban J connectivity index is 1.80. The van der Waals surface area contributed by atoms with Crippen LogP contribution in [-0.4, -0.2) is 51.9 Å². The molecular formula is C34H37N3O5S. The topological polar surface area (TPSA) is 96.0 Å². The molecule has 4 aromatic rings. The van der Waals surface area contributed by atoms with E-state index in [9.17, 15) is 18.0 Å². The lowest BCUT2D eigenvalue weighted by atomic mass is 10.0. The van der Waals surface area contributed by atoms with Gasteiger partial charge in [-0.05, 0) is 49.2 Å². The van der Waals surface area contributed by atoms with Crippen molar-refractivity contribution >= 4 is 27.5 Å². The second-order valence-electron chi connectivity index (χ2n) is 10.4. The molecule has 0 aliphatic rings. The van der Waals surface area contributed by atoms with Gasteiger partial charge in [-0.2, -0.15) is 0 Å². The average molecular weight is 600 g/mol. The van der Waals surface area contributed by atoms with Crippen LogP contribution in [-0.2, 0) is 32.6 Å². The third-order valence-corrected chi connectivity index (χ3v) is 8.97. The van der Waals surface area contributed by atoms with Gasteiger partial charge in [-0.15, -0.1) is 0 Å². The molecule has 0 saturated heterocycles. The summed E-state index contributed by atoms with van der Waals surface area (Å²) in [7, 11) is -1.17. The first-order chi connectivity index (χ1) is 20.6. The maximum Gasteiger partial charge on any atom is 0.264 e. The maximum atomic E-state index is 14.4. The van der Waals surface area contributed by atoms with Crippen molar-refractivity contribution in [2.75, 3.05) is 25.0 Å². The molecule has 0 heterocycles. The van der Waals surface area contributed by atoms with Crippen molar-refractivity contribution in [3.63, 3.8) is 0 Å². The van der Waals surface area contributed by atoms with Crippen LogP contribution in [0.15, 0.2) is 108 Å². The van der Waals surface area contributed by atoms with Crippen LogP contribution in [0.4, 0.5) is 5.69 Å². The molecule has 4 rings (SSSR count). The minimum Gasteiger partial charge on any atom is -0.497 e. The molecule has 0 saturated carbocycles. The largest absolute Gasteiger partial charge is 0.497 e. The molecular weight excluding hydrogens is 562 g/mol. The van der Waals surface area contributed by atoms with Crippen LogP contribution in [0.5, 0.6) is 5.75 Å².